The Labute approximate surface area is 162 Å². The number of thiazole rings is 1. The molecule has 1 saturated carbocycles. The molecule has 5 rings (SSSR count). The molecule has 7 heteroatoms. The smallest absolute Gasteiger partial charge is 0.253 e. The van der Waals surface area contributed by atoms with Gasteiger partial charge in [-0.15, -0.1) is 11.3 Å². The molecule has 3 aliphatic rings. The van der Waals surface area contributed by atoms with Crippen LogP contribution in [0, 0.1) is 11.8 Å². The van der Waals surface area contributed by atoms with Crippen LogP contribution in [0.5, 0.6) is 0 Å². The number of hydrogen-bond acceptors (Lipinski definition) is 6. The van der Waals surface area contributed by atoms with E-state index in [1.807, 2.05) is 28.6 Å². The third-order valence-electron chi connectivity index (χ3n) is 6.49. The van der Waals surface area contributed by atoms with Gasteiger partial charge in [0.1, 0.15) is 0 Å². The molecule has 1 amide bonds. The number of fused-ring (bicyclic) bond motifs is 2. The Balaban J connectivity index is 1.29. The van der Waals surface area contributed by atoms with Crippen LogP contribution in [0.25, 0.3) is 10.2 Å². The quantitative estimate of drug-likeness (QED) is 0.852. The Morgan fingerprint density at radius 2 is 1.96 bits per heavy atom. The number of carbonyl (C=O) groups excluding carboxylic acids is 1. The average Bonchev–Trinajstić information content (AvgIpc) is 3.33. The van der Waals surface area contributed by atoms with E-state index in [0.717, 1.165) is 68.0 Å². The van der Waals surface area contributed by atoms with Gasteiger partial charge in [-0.1, -0.05) is 0 Å². The second kappa shape index (κ2) is 7.13. The predicted molar refractivity (Wildman–Crippen MR) is 104 cm³/mol. The summed E-state index contributed by atoms with van der Waals surface area (Å²) >= 11 is 1.57. The van der Waals surface area contributed by atoms with E-state index >= 15 is 0 Å². The van der Waals surface area contributed by atoms with Crippen LogP contribution in [0.4, 0.5) is 0 Å². The van der Waals surface area contributed by atoms with Gasteiger partial charge in [0.05, 0.1) is 35.0 Å². The topological polar surface area (TPSA) is 65.9 Å². The largest absolute Gasteiger partial charge is 0.391 e. The highest BCUT2D eigenvalue weighted by Crippen LogP contribution is 2.39. The predicted octanol–water partition coefficient (Wildman–Crippen LogP) is 1.84. The summed E-state index contributed by atoms with van der Waals surface area (Å²) in [6.45, 7) is 4.87. The monoisotopic (exact) mass is 387 g/mol. The summed E-state index contributed by atoms with van der Waals surface area (Å²) in [5.74, 6) is 1.00. The molecule has 6 nitrogen and oxygen atoms in total. The number of likely N-dealkylation sites (tertiary alicyclic amines) is 1. The van der Waals surface area contributed by atoms with Crippen molar-refractivity contribution in [2.24, 2.45) is 11.8 Å². The summed E-state index contributed by atoms with van der Waals surface area (Å²) in [6.07, 6.45) is 1.47. The first-order valence-electron chi connectivity index (χ1n) is 9.81. The van der Waals surface area contributed by atoms with Crippen LogP contribution in [0.15, 0.2) is 23.7 Å². The van der Waals surface area contributed by atoms with Gasteiger partial charge >= 0.3 is 0 Å². The molecule has 0 bridgehead atoms. The number of hydrogen-bond donors (Lipinski definition) is 1. The number of ether oxygens (including phenoxy) is 1. The summed E-state index contributed by atoms with van der Waals surface area (Å²) in [5.41, 5.74) is 3.51. The summed E-state index contributed by atoms with van der Waals surface area (Å²) < 4.78 is 6.51. The first-order chi connectivity index (χ1) is 13.2. The zero-order valence-corrected chi connectivity index (χ0v) is 16.1. The molecule has 1 aromatic heterocycles. The highest BCUT2D eigenvalue weighted by atomic mass is 32.1. The lowest BCUT2D eigenvalue weighted by atomic mass is 9.77. The molecule has 3 heterocycles. The van der Waals surface area contributed by atoms with Crippen LogP contribution >= 0.6 is 11.3 Å². The summed E-state index contributed by atoms with van der Waals surface area (Å²) in [7, 11) is 0. The second-order valence-electron chi connectivity index (χ2n) is 8.02. The zero-order chi connectivity index (χ0) is 18.4. The Hall–Kier alpha value is -1.54. The number of amides is 1. The number of nitrogens with zero attached hydrogens (tertiary/aromatic N) is 3. The van der Waals surface area contributed by atoms with Crippen LogP contribution in [0.1, 0.15) is 23.2 Å². The maximum atomic E-state index is 13.0. The Morgan fingerprint density at radius 3 is 2.78 bits per heavy atom. The normalized spacial score (nSPS) is 32.0. The van der Waals surface area contributed by atoms with Gasteiger partial charge in [0.25, 0.3) is 5.91 Å². The molecule has 1 aromatic carbocycles. The number of benzene rings is 1. The van der Waals surface area contributed by atoms with Crippen molar-refractivity contribution < 1.29 is 14.6 Å². The number of aliphatic hydroxyl groups excluding tert-OH is 1. The van der Waals surface area contributed by atoms with Gasteiger partial charge in [0.2, 0.25) is 0 Å². The fourth-order valence-electron chi connectivity index (χ4n) is 5.05. The molecule has 2 aromatic rings. The molecule has 3 fully saturated rings. The highest BCUT2D eigenvalue weighted by Gasteiger charge is 2.44. The van der Waals surface area contributed by atoms with Crippen LogP contribution in [-0.2, 0) is 4.74 Å². The average molecular weight is 388 g/mol. The molecule has 2 aliphatic heterocycles. The van der Waals surface area contributed by atoms with Crippen molar-refractivity contribution in [3.8, 4) is 0 Å². The molecule has 4 atom stereocenters. The minimum atomic E-state index is -0.298. The second-order valence-corrected chi connectivity index (χ2v) is 8.91. The minimum absolute atomic E-state index is 0.108. The van der Waals surface area contributed by atoms with E-state index in [2.05, 4.69) is 9.88 Å². The van der Waals surface area contributed by atoms with Gasteiger partial charge in [-0.05, 0) is 42.9 Å². The lowest BCUT2D eigenvalue weighted by Crippen LogP contribution is -2.53. The highest BCUT2D eigenvalue weighted by molar-refractivity contribution is 7.16. The molecule has 0 spiro atoms. The van der Waals surface area contributed by atoms with E-state index in [-0.39, 0.29) is 18.1 Å². The molecule has 1 aliphatic carbocycles. The Kier molecular flexibility index (Phi) is 4.63. The molecule has 1 N–H and O–H groups in total. The van der Waals surface area contributed by atoms with Crippen molar-refractivity contribution in [2.45, 2.75) is 25.0 Å². The molecule has 27 heavy (non-hydrogen) atoms. The van der Waals surface area contributed by atoms with E-state index in [1.165, 1.54) is 0 Å². The van der Waals surface area contributed by atoms with Crippen molar-refractivity contribution in [3.05, 3.63) is 29.3 Å². The fourth-order valence-corrected chi connectivity index (χ4v) is 5.76. The first-order valence-corrected chi connectivity index (χ1v) is 10.7. The van der Waals surface area contributed by atoms with Crippen LogP contribution < -0.4 is 0 Å². The van der Waals surface area contributed by atoms with Crippen molar-refractivity contribution in [3.63, 3.8) is 0 Å². The first kappa shape index (κ1) is 17.6. The summed E-state index contributed by atoms with van der Waals surface area (Å²) in [6, 6.07) is 5.99. The van der Waals surface area contributed by atoms with E-state index in [4.69, 9.17) is 4.74 Å². The molecular formula is C20H25N3O3S. The van der Waals surface area contributed by atoms with Gasteiger partial charge in [0, 0.05) is 37.8 Å². The minimum Gasteiger partial charge on any atom is -0.391 e. The molecule has 0 unspecified atom stereocenters. The van der Waals surface area contributed by atoms with Crippen LogP contribution in [-0.4, -0.2) is 77.3 Å². The van der Waals surface area contributed by atoms with Gasteiger partial charge in [-0.3, -0.25) is 9.69 Å². The maximum absolute atomic E-state index is 13.0. The number of aliphatic hydroxyl groups is 1. The molecule has 0 radical (unpaired) electrons. The maximum Gasteiger partial charge on any atom is 0.253 e. The fraction of sp³-hybridized carbons (Fsp3) is 0.600. The van der Waals surface area contributed by atoms with Gasteiger partial charge in [0.15, 0.2) is 0 Å². The number of aromatic nitrogens is 1. The van der Waals surface area contributed by atoms with Crippen molar-refractivity contribution in [1.29, 1.82) is 0 Å². The Morgan fingerprint density at radius 1 is 1.19 bits per heavy atom. The van der Waals surface area contributed by atoms with Crippen molar-refractivity contribution in [2.75, 3.05) is 39.4 Å². The van der Waals surface area contributed by atoms with Crippen molar-refractivity contribution in [1.82, 2.24) is 14.8 Å². The van der Waals surface area contributed by atoms with E-state index < -0.39 is 0 Å². The SMILES string of the molecule is O=C(c1ccc2ncsc2c1)N1C[C@H]2C[C@@H](N3CCOCC3)[C@H](O)C[C@H]2C1. The van der Waals surface area contributed by atoms with Crippen LogP contribution in [0.3, 0.4) is 0 Å². The zero-order valence-electron chi connectivity index (χ0n) is 15.3. The molecular weight excluding hydrogens is 362 g/mol. The van der Waals surface area contributed by atoms with Crippen molar-refractivity contribution >= 4 is 27.5 Å². The van der Waals surface area contributed by atoms with E-state index in [1.54, 1.807) is 11.3 Å². The summed E-state index contributed by atoms with van der Waals surface area (Å²) in [5, 5.41) is 10.7. The van der Waals surface area contributed by atoms with Crippen LogP contribution in [0.2, 0.25) is 0 Å². The third kappa shape index (κ3) is 3.27. The standard InChI is InChI=1S/C20H25N3O3S/c24-18-8-15-11-23(10-14(15)7-17(18)22-3-5-26-6-4-22)20(25)13-1-2-16-19(9-13)27-12-21-16/h1-2,9,12,14-15,17-18,24H,3-8,10-11H2/t14-,15+,17-,18-/m1/s1. The molecule has 144 valence electrons. The third-order valence-corrected chi connectivity index (χ3v) is 7.28. The lowest BCUT2D eigenvalue weighted by molar-refractivity contribution is -0.0520. The van der Waals surface area contributed by atoms with E-state index in [0.29, 0.717) is 11.8 Å². The van der Waals surface area contributed by atoms with Gasteiger partial charge in [-0.25, -0.2) is 4.98 Å². The number of rotatable bonds is 2. The number of carbonyl (C=O) groups is 1. The van der Waals surface area contributed by atoms with E-state index in [9.17, 15) is 9.90 Å². The molecule has 2 saturated heterocycles. The number of morpholine rings is 1. The summed E-state index contributed by atoms with van der Waals surface area (Å²) in [4.78, 5) is 21.7. The lowest BCUT2D eigenvalue weighted by Gasteiger charge is -2.43. The van der Waals surface area contributed by atoms with Gasteiger partial charge < -0.3 is 14.7 Å². The Bertz CT molecular complexity index is 835. The van der Waals surface area contributed by atoms with Gasteiger partial charge in [-0.2, -0.15) is 0 Å².